The summed E-state index contributed by atoms with van der Waals surface area (Å²) in [6, 6.07) is 0. The molecule has 13 heavy (non-hydrogen) atoms. The van der Waals surface area contributed by atoms with Gasteiger partial charge in [0.15, 0.2) is 6.23 Å². The molecule has 3 rings (SSSR count). The number of allylic oxidation sites excluding steroid dienone is 2. The lowest BCUT2D eigenvalue weighted by molar-refractivity contribution is -0.197. The molecular weight excluding hydrogens is 170 g/mol. The van der Waals surface area contributed by atoms with Crippen molar-refractivity contribution in [3.8, 4) is 0 Å². The molecule has 2 N–H and O–H groups in total. The summed E-state index contributed by atoms with van der Waals surface area (Å²) in [7, 11) is 0. The van der Waals surface area contributed by atoms with Crippen LogP contribution >= 0.6 is 0 Å². The molecule has 5 unspecified atom stereocenters. The van der Waals surface area contributed by atoms with E-state index >= 15 is 0 Å². The maximum atomic E-state index is 11.5. The van der Waals surface area contributed by atoms with Crippen molar-refractivity contribution in [2.45, 2.75) is 12.6 Å². The minimum Gasteiger partial charge on any atom is -0.371 e. The molecule has 1 aliphatic heterocycles. The zero-order chi connectivity index (χ0) is 9.16. The summed E-state index contributed by atoms with van der Waals surface area (Å²) in [6.45, 7) is 0. The lowest BCUT2D eigenvalue weighted by Crippen LogP contribution is -2.33. The highest BCUT2D eigenvalue weighted by Crippen LogP contribution is 2.53. The monoisotopic (exact) mass is 181 g/mol. The SMILES string of the molecule is O=C1C2C3C=CC(C3)C2C(O)N1O. The van der Waals surface area contributed by atoms with E-state index in [1.807, 2.05) is 6.08 Å². The van der Waals surface area contributed by atoms with Gasteiger partial charge in [0.05, 0.1) is 5.92 Å². The number of carbonyl (C=O) groups is 1. The first-order chi connectivity index (χ1) is 6.20. The van der Waals surface area contributed by atoms with Crippen molar-refractivity contribution in [2.24, 2.45) is 23.7 Å². The van der Waals surface area contributed by atoms with E-state index in [1.165, 1.54) is 0 Å². The zero-order valence-electron chi connectivity index (χ0n) is 7.00. The van der Waals surface area contributed by atoms with E-state index in [0.717, 1.165) is 6.42 Å². The van der Waals surface area contributed by atoms with Gasteiger partial charge in [0.25, 0.3) is 5.91 Å². The summed E-state index contributed by atoms with van der Waals surface area (Å²) in [5.74, 6) is -0.0303. The average Bonchev–Trinajstić information content (AvgIpc) is 2.76. The Morgan fingerprint density at radius 3 is 2.77 bits per heavy atom. The van der Waals surface area contributed by atoms with Crippen LogP contribution < -0.4 is 0 Å². The standard InChI is InChI=1S/C9H11NO3/c11-8-6-4-1-2-5(3-4)7(6)9(12)10(8)13/h1-2,4-8,11,13H,3H2. The third-order valence-corrected chi connectivity index (χ3v) is 3.63. The summed E-state index contributed by atoms with van der Waals surface area (Å²) in [5.41, 5.74) is 0. The maximum Gasteiger partial charge on any atom is 0.252 e. The Morgan fingerprint density at radius 1 is 1.38 bits per heavy atom. The van der Waals surface area contributed by atoms with Gasteiger partial charge in [0.2, 0.25) is 0 Å². The van der Waals surface area contributed by atoms with Gasteiger partial charge in [-0.15, -0.1) is 0 Å². The number of hydroxylamine groups is 2. The molecule has 5 atom stereocenters. The average molecular weight is 181 g/mol. The Balaban J connectivity index is 2.03. The lowest BCUT2D eigenvalue weighted by Gasteiger charge is -2.20. The first-order valence-electron chi connectivity index (χ1n) is 4.58. The quantitative estimate of drug-likeness (QED) is 0.407. The van der Waals surface area contributed by atoms with E-state index < -0.39 is 6.23 Å². The lowest BCUT2D eigenvalue weighted by atomic mass is 9.85. The summed E-state index contributed by atoms with van der Waals surface area (Å²) < 4.78 is 0. The van der Waals surface area contributed by atoms with Crippen molar-refractivity contribution in [3.63, 3.8) is 0 Å². The number of rotatable bonds is 0. The Hall–Kier alpha value is -0.870. The molecule has 0 spiro atoms. The van der Waals surface area contributed by atoms with Crippen LogP contribution in [0, 0.1) is 23.7 Å². The molecule has 4 heteroatoms. The largest absolute Gasteiger partial charge is 0.371 e. The van der Waals surface area contributed by atoms with E-state index in [2.05, 4.69) is 6.08 Å². The molecule has 4 nitrogen and oxygen atoms in total. The highest BCUT2D eigenvalue weighted by molar-refractivity contribution is 5.82. The van der Waals surface area contributed by atoms with E-state index in [0.29, 0.717) is 5.06 Å². The van der Waals surface area contributed by atoms with E-state index in [4.69, 9.17) is 0 Å². The van der Waals surface area contributed by atoms with Crippen LogP contribution in [-0.2, 0) is 4.79 Å². The Bertz CT molecular complexity index is 301. The maximum absolute atomic E-state index is 11.5. The Morgan fingerprint density at radius 2 is 2.08 bits per heavy atom. The first kappa shape index (κ1) is 7.53. The van der Waals surface area contributed by atoms with E-state index in [-0.39, 0.29) is 29.6 Å². The summed E-state index contributed by atoms with van der Waals surface area (Å²) >= 11 is 0. The van der Waals surface area contributed by atoms with Gasteiger partial charge >= 0.3 is 0 Å². The molecule has 2 aliphatic carbocycles. The van der Waals surface area contributed by atoms with Gasteiger partial charge in [-0.3, -0.25) is 10.0 Å². The van der Waals surface area contributed by atoms with Crippen molar-refractivity contribution in [1.29, 1.82) is 0 Å². The zero-order valence-corrected chi connectivity index (χ0v) is 7.00. The molecule has 1 amide bonds. The van der Waals surface area contributed by atoms with Gasteiger partial charge in [-0.1, -0.05) is 12.2 Å². The Labute approximate surface area is 75.4 Å². The predicted octanol–water partition coefficient (Wildman–Crippen LogP) is -0.0255. The molecule has 0 aromatic rings. The van der Waals surface area contributed by atoms with E-state index in [9.17, 15) is 15.1 Å². The van der Waals surface area contributed by atoms with Crippen LogP contribution in [0.15, 0.2) is 12.2 Å². The molecule has 70 valence electrons. The molecule has 1 saturated heterocycles. The van der Waals surface area contributed by atoms with Crippen LogP contribution in [-0.4, -0.2) is 27.5 Å². The molecule has 1 heterocycles. The fraction of sp³-hybridized carbons (Fsp3) is 0.667. The van der Waals surface area contributed by atoms with Gasteiger partial charge in [0.1, 0.15) is 0 Å². The summed E-state index contributed by atoms with van der Waals surface area (Å²) in [4.78, 5) is 11.5. The Kier molecular flexibility index (Phi) is 1.24. The van der Waals surface area contributed by atoms with Crippen molar-refractivity contribution in [1.82, 2.24) is 5.06 Å². The summed E-state index contributed by atoms with van der Waals surface area (Å²) in [5, 5.41) is 19.3. The van der Waals surface area contributed by atoms with Gasteiger partial charge in [0, 0.05) is 5.92 Å². The van der Waals surface area contributed by atoms with Crippen LogP contribution in [0.25, 0.3) is 0 Å². The smallest absolute Gasteiger partial charge is 0.252 e. The second kappa shape index (κ2) is 2.13. The van der Waals surface area contributed by atoms with Crippen LogP contribution in [0.2, 0.25) is 0 Å². The van der Waals surface area contributed by atoms with Gasteiger partial charge in [-0.2, -0.15) is 5.06 Å². The number of amides is 1. The second-order valence-electron chi connectivity index (χ2n) is 4.15. The van der Waals surface area contributed by atoms with Crippen molar-refractivity contribution in [3.05, 3.63) is 12.2 Å². The number of aliphatic hydroxyl groups excluding tert-OH is 1. The highest BCUT2D eigenvalue weighted by atomic mass is 16.5. The van der Waals surface area contributed by atoms with Gasteiger partial charge in [-0.25, -0.2) is 0 Å². The molecule has 0 aromatic carbocycles. The van der Waals surface area contributed by atoms with Crippen LogP contribution in [0.3, 0.4) is 0 Å². The number of aliphatic hydroxyl groups is 1. The molecule has 1 saturated carbocycles. The minimum absolute atomic E-state index is 0.0764. The van der Waals surface area contributed by atoms with Crippen molar-refractivity contribution in [2.75, 3.05) is 0 Å². The first-order valence-corrected chi connectivity index (χ1v) is 4.58. The van der Waals surface area contributed by atoms with Crippen molar-refractivity contribution >= 4 is 5.91 Å². The molecule has 2 bridgehead atoms. The molecular formula is C9H11NO3. The fourth-order valence-electron chi connectivity index (χ4n) is 3.06. The van der Waals surface area contributed by atoms with E-state index in [1.54, 1.807) is 0 Å². The topological polar surface area (TPSA) is 60.8 Å². The van der Waals surface area contributed by atoms with Crippen LogP contribution in [0.5, 0.6) is 0 Å². The van der Waals surface area contributed by atoms with Gasteiger partial charge < -0.3 is 5.11 Å². The highest BCUT2D eigenvalue weighted by Gasteiger charge is 2.58. The normalized spacial score (nSPS) is 52.0. The second-order valence-corrected chi connectivity index (χ2v) is 4.15. The number of nitrogens with zero attached hydrogens (tertiary/aromatic N) is 1. The third kappa shape index (κ3) is 0.711. The van der Waals surface area contributed by atoms with Gasteiger partial charge in [-0.05, 0) is 18.3 Å². The third-order valence-electron chi connectivity index (χ3n) is 3.63. The summed E-state index contributed by atoms with van der Waals surface area (Å²) in [6.07, 6.45) is 4.07. The molecule has 0 radical (unpaired) electrons. The molecule has 0 aromatic heterocycles. The minimum atomic E-state index is -0.988. The molecule has 3 aliphatic rings. The number of hydrogen-bond acceptors (Lipinski definition) is 3. The molecule has 2 fully saturated rings. The predicted molar refractivity (Wildman–Crippen MR) is 42.4 cm³/mol. The fourth-order valence-corrected chi connectivity index (χ4v) is 3.06. The number of hydrogen-bond donors (Lipinski definition) is 2. The number of carbonyl (C=O) groups excluding carboxylic acids is 1. The van der Waals surface area contributed by atoms with Crippen molar-refractivity contribution < 1.29 is 15.1 Å². The van der Waals surface area contributed by atoms with Crippen LogP contribution in [0.4, 0.5) is 0 Å². The van der Waals surface area contributed by atoms with Crippen LogP contribution in [0.1, 0.15) is 6.42 Å². The number of fused-ring (bicyclic) bond motifs is 5.